The molecule has 286 valence electrons. The number of benzene rings is 4. The number of rotatable bonds is 16. The maximum absolute atomic E-state index is 12.5. The molecule has 0 aliphatic carbocycles. The van der Waals surface area contributed by atoms with Gasteiger partial charge in [0.1, 0.15) is 0 Å². The Hall–Kier alpha value is -4.09. The normalized spacial score (nSPS) is 20.0. The van der Waals surface area contributed by atoms with E-state index in [0.717, 1.165) is 71.3 Å². The van der Waals surface area contributed by atoms with Crippen LogP contribution in [0.15, 0.2) is 97.1 Å². The van der Waals surface area contributed by atoms with Crippen molar-refractivity contribution >= 4 is 23.5 Å². The van der Waals surface area contributed by atoms with E-state index in [9.17, 15) is 19.8 Å². The van der Waals surface area contributed by atoms with E-state index in [0.29, 0.717) is 50.2 Å². The minimum absolute atomic E-state index is 0.0101. The predicted octanol–water partition coefficient (Wildman–Crippen LogP) is 8.07. The van der Waals surface area contributed by atoms with Gasteiger partial charge in [0.05, 0.1) is 24.4 Å². The van der Waals surface area contributed by atoms with Crippen molar-refractivity contribution in [3.63, 3.8) is 0 Å². The van der Waals surface area contributed by atoms with Crippen molar-refractivity contribution in [1.82, 2.24) is 10.2 Å². The van der Waals surface area contributed by atoms with Crippen molar-refractivity contribution in [2.75, 3.05) is 19.6 Å². The number of ether oxygens (including phenoxy) is 2. The fourth-order valence-corrected chi connectivity index (χ4v) is 7.53. The van der Waals surface area contributed by atoms with Gasteiger partial charge >= 0.3 is 5.97 Å². The molecule has 0 bridgehead atoms. The molecule has 2 aliphatic rings. The van der Waals surface area contributed by atoms with E-state index in [4.69, 9.17) is 26.2 Å². The largest absolute Gasteiger partial charge is 0.481 e. The van der Waals surface area contributed by atoms with Crippen LogP contribution in [0, 0.1) is 0 Å². The molecule has 2 aliphatic heterocycles. The van der Waals surface area contributed by atoms with Gasteiger partial charge in [0.15, 0.2) is 6.29 Å². The molecule has 2 saturated heterocycles. The van der Waals surface area contributed by atoms with Crippen LogP contribution in [0.1, 0.15) is 98.0 Å². The molecule has 3 atom stereocenters. The van der Waals surface area contributed by atoms with Crippen LogP contribution < -0.4 is 5.32 Å². The monoisotopic (exact) mass is 754 g/mol. The second kappa shape index (κ2) is 19.0. The van der Waals surface area contributed by atoms with Crippen LogP contribution in [-0.2, 0) is 37.8 Å². The number of piperidine rings is 1. The summed E-state index contributed by atoms with van der Waals surface area (Å²) in [6.07, 6.45) is 4.61. The van der Waals surface area contributed by atoms with Crippen LogP contribution in [0.2, 0.25) is 5.02 Å². The van der Waals surface area contributed by atoms with E-state index in [1.54, 1.807) is 0 Å². The second-order valence-electron chi connectivity index (χ2n) is 14.6. The number of carboxylic acids is 1. The molecule has 4 N–H and O–H groups in total. The molecular formula is C44H51ClN2O7. The molecule has 0 radical (unpaired) electrons. The van der Waals surface area contributed by atoms with Gasteiger partial charge < -0.3 is 35.0 Å². The molecule has 10 heteroatoms. The number of aliphatic hydroxyl groups excluding tert-OH is 1. The van der Waals surface area contributed by atoms with Crippen molar-refractivity contribution < 1.29 is 34.4 Å². The number of carbonyl (C=O) groups is 2. The highest BCUT2D eigenvalue weighted by atomic mass is 35.5. The lowest BCUT2D eigenvalue weighted by atomic mass is 9.84. The average Bonchev–Trinajstić information content (AvgIpc) is 3.19. The average molecular weight is 755 g/mol. The molecule has 4 aromatic rings. The van der Waals surface area contributed by atoms with Gasteiger partial charge in [-0.15, -0.1) is 0 Å². The first kappa shape index (κ1) is 39.6. The van der Waals surface area contributed by atoms with E-state index in [2.05, 4.69) is 34.5 Å². The summed E-state index contributed by atoms with van der Waals surface area (Å²) >= 11 is 6.10. The number of halogens is 1. The molecule has 2 heterocycles. The summed E-state index contributed by atoms with van der Waals surface area (Å²) in [4.78, 5) is 25.5. The molecule has 4 aromatic carbocycles. The first-order valence-electron chi connectivity index (χ1n) is 19.1. The minimum Gasteiger partial charge on any atom is -0.481 e. The molecule has 2 fully saturated rings. The quantitative estimate of drug-likeness (QED) is 0.0846. The summed E-state index contributed by atoms with van der Waals surface area (Å²) in [7, 11) is 0. The molecular weight excluding hydrogens is 704 g/mol. The number of nitrogens with one attached hydrogen (secondary N) is 1. The summed E-state index contributed by atoms with van der Waals surface area (Å²) in [5.74, 6) is -0.790. The molecule has 9 nitrogen and oxygen atoms in total. The summed E-state index contributed by atoms with van der Waals surface area (Å²) < 4.78 is 13.4. The Morgan fingerprint density at radius 3 is 2.19 bits per heavy atom. The van der Waals surface area contributed by atoms with Crippen LogP contribution in [0.3, 0.4) is 0 Å². The first-order valence-corrected chi connectivity index (χ1v) is 19.4. The number of amides is 1. The molecule has 0 spiro atoms. The molecule has 1 amide bonds. The third-order valence-corrected chi connectivity index (χ3v) is 10.8. The Kier molecular flexibility index (Phi) is 13.9. The van der Waals surface area contributed by atoms with Crippen LogP contribution in [-0.4, -0.2) is 57.8 Å². The predicted molar refractivity (Wildman–Crippen MR) is 209 cm³/mol. The van der Waals surface area contributed by atoms with Crippen molar-refractivity contribution in [3.8, 4) is 11.1 Å². The van der Waals surface area contributed by atoms with Crippen molar-refractivity contribution in [2.24, 2.45) is 0 Å². The van der Waals surface area contributed by atoms with E-state index >= 15 is 0 Å². The highest BCUT2D eigenvalue weighted by Gasteiger charge is 2.37. The van der Waals surface area contributed by atoms with Crippen LogP contribution in [0.25, 0.3) is 11.1 Å². The first-order chi connectivity index (χ1) is 26.2. The summed E-state index contributed by atoms with van der Waals surface area (Å²) in [5.41, 5.74) is 5.83. The van der Waals surface area contributed by atoms with Gasteiger partial charge in [-0.05, 0) is 83.3 Å². The van der Waals surface area contributed by atoms with Crippen molar-refractivity contribution in [2.45, 2.75) is 95.0 Å². The number of unbranched alkanes of at least 4 members (excludes halogenated alkanes) is 3. The summed E-state index contributed by atoms with van der Waals surface area (Å²) in [5, 5.41) is 33.5. The van der Waals surface area contributed by atoms with Gasteiger partial charge in [0.25, 0.3) is 0 Å². The van der Waals surface area contributed by atoms with E-state index < -0.39 is 17.9 Å². The zero-order valence-corrected chi connectivity index (χ0v) is 31.4. The van der Waals surface area contributed by atoms with E-state index in [-0.39, 0.29) is 31.1 Å². The maximum Gasteiger partial charge on any atom is 0.303 e. The Morgan fingerprint density at radius 1 is 0.796 bits per heavy atom. The smallest absolute Gasteiger partial charge is 0.303 e. The molecule has 54 heavy (non-hydrogen) atoms. The van der Waals surface area contributed by atoms with Crippen molar-refractivity contribution in [1.29, 1.82) is 0 Å². The molecule has 0 saturated carbocycles. The van der Waals surface area contributed by atoms with Gasteiger partial charge in [-0.2, -0.15) is 0 Å². The number of likely N-dealkylation sites (tertiary alicyclic amines) is 1. The summed E-state index contributed by atoms with van der Waals surface area (Å²) in [6.45, 7) is 2.59. The molecule has 0 aromatic heterocycles. The number of hydrogen-bond donors (Lipinski definition) is 4. The van der Waals surface area contributed by atoms with E-state index in [1.807, 2.05) is 72.8 Å². The highest BCUT2D eigenvalue weighted by molar-refractivity contribution is 6.30. The topological polar surface area (TPSA) is 129 Å². The minimum atomic E-state index is -0.883. The third-order valence-electron chi connectivity index (χ3n) is 10.6. The number of carboxylic acid groups (broad SMARTS) is 1. The van der Waals surface area contributed by atoms with Crippen LogP contribution in [0.4, 0.5) is 0 Å². The Labute approximate surface area is 322 Å². The maximum atomic E-state index is 12.5. The molecule has 6 rings (SSSR count). The Bertz CT molecular complexity index is 1830. The summed E-state index contributed by atoms with van der Waals surface area (Å²) in [6, 6.07) is 31.7. The SMILES string of the molecule is O=C(O)CCCCCCC(=O)NCc1cccc(-c2cccc(C3OC(CN4CCC(O)(c5ccc(Cl)cc5)CC4)CC(c4ccc(CO)cc4)O3)c2)c1. The third kappa shape index (κ3) is 11.0. The lowest BCUT2D eigenvalue weighted by molar-refractivity contribution is -0.253. The van der Waals surface area contributed by atoms with Crippen LogP contribution >= 0.6 is 11.6 Å². The fourth-order valence-electron chi connectivity index (χ4n) is 7.41. The van der Waals surface area contributed by atoms with Gasteiger partial charge in [-0.25, -0.2) is 0 Å². The lowest BCUT2D eigenvalue weighted by Crippen LogP contribution is -2.46. The zero-order valence-electron chi connectivity index (χ0n) is 30.7. The Balaban J connectivity index is 1.10. The number of nitrogens with zero attached hydrogens (tertiary/aromatic N) is 1. The number of carbonyl (C=O) groups excluding carboxylic acids is 1. The van der Waals surface area contributed by atoms with Gasteiger partial charge in [-0.1, -0.05) is 97.2 Å². The van der Waals surface area contributed by atoms with Gasteiger partial charge in [-0.3, -0.25) is 9.59 Å². The lowest BCUT2D eigenvalue weighted by Gasteiger charge is -2.42. The standard InChI is InChI=1S/C44H51ClN2O7/c45-38-19-17-37(18-20-38)44(52)21-23-47(24-22-44)29-39-27-40(33-15-13-31(30-48)14-16-33)54-43(53-39)36-10-6-9-35(26-36)34-8-5-7-32(25-34)28-46-41(49)11-3-1-2-4-12-42(50)51/h5-10,13-20,25-26,39-40,43,48,52H,1-4,11-12,21-24,27-30H2,(H,46,49)(H,50,51). The van der Waals surface area contributed by atoms with Gasteiger partial charge in [0, 0.05) is 56.0 Å². The van der Waals surface area contributed by atoms with Crippen molar-refractivity contribution in [3.05, 3.63) is 130 Å². The Morgan fingerprint density at radius 2 is 1.48 bits per heavy atom. The number of aliphatic carboxylic acids is 1. The van der Waals surface area contributed by atoms with E-state index in [1.165, 1.54) is 0 Å². The fraction of sp³-hybridized carbons (Fsp3) is 0.409. The molecule has 3 unspecified atom stereocenters. The number of aliphatic hydroxyl groups is 2. The highest BCUT2D eigenvalue weighted by Crippen LogP contribution is 2.40. The zero-order chi connectivity index (χ0) is 37.9. The van der Waals surface area contributed by atoms with Gasteiger partial charge in [0.2, 0.25) is 5.91 Å². The second-order valence-corrected chi connectivity index (χ2v) is 15.0. The van der Waals surface area contributed by atoms with Crippen LogP contribution in [0.5, 0.6) is 0 Å². The number of hydrogen-bond acceptors (Lipinski definition) is 7.